The number of ketones is 1. The van der Waals surface area contributed by atoms with Crippen LogP contribution < -0.4 is 10.1 Å². The lowest BCUT2D eigenvalue weighted by Gasteiger charge is -2.33. The van der Waals surface area contributed by atoms with Gasteiger partial charge in [0.2, 0.25) is 0 Å². The van der Waals surface area contributed by atoms with Crippen molar-refractivity contribution in [2.24, 2.45) is 5.92 Å². The summed E-state index contributed by atoms with van der Waals surface area (Å²) in [6.07, 6.45) is 0.819. The molecule has 0 radical (unpaired) electrons. The normalized spacial score (nSPS) is 15.1. The Kier molecular flexibility index (Phi) is 8.52. The summed E-state index contributed by atoms with van der Waals surface area (Å²) in [6, 6.07) is 6.85. The van der Waals surface area contributed by atoms with Gasteiger partial charge >= 0.3 is 12.2 Å². The van der Waals surface area contributed by atoms with Crippen LogP contribution in [-0.4, -0.2) is 60.3 Å². The first-order chi connectivity index (χ1) is 14.8. The van der Waals surface area contributed by atoms with E-state index in [1.54, 1.807) is 49.9 Å². The number of ether oxygens (including phenoxy) is 3. The highest BCUT2D eigenvalue weighted by Crippen LogP contribution is 2.21. The molecule has 0 aromatic heterocycles. The number of amides is 2. The number of hydrogen-bond donors (Lipinski definition) is 1. The predicted octanol–water partition coefficient (Wildman–Crippen LogP) is 4.42. The summed E-state index contributed by atoms with van der Waals surface area (Å²) >= 11 is 0. The minimum absolute atomic E-state index is 0.134. The quantitative estimate of drug-likeness (QED) is 0.648. The van der Waals surface area contributed by atoms with Gasteiger partial charge in [-0.3, -0.25) is 4.79 Å². The van der Waals surface area contributed by atoms with Crippen molar-refractivity contribution in [1.29, 1.82) is 0 Å². The molecular weight excluding hydrogens is 412 g/mol. The van der Waals surface area contributed by atoms with Gasteiger partial charge in [-0.05, 0) is 84.6 Å². The third-order valence-corrected chi connectivity index (χ3v) is 4.72. The second-order valence-electron chi connectivity index (χ2n) is 10.0. The van der Waals surface area contributed by atoms with E-state index in [-0.39, 0.29) is 18.4 Å². The topological polar surface area (TPSA) is 94.2 Å². The number of Topliss-reactive ketones (excluding diaryl/α,β-unsaturated/α-hetero) is 1. The minimum Gasteiger partial charge on any atom is -0.493 e. The molecule has 1 aromatic carbocycles. The second kappa shape index (κ2) is 10.7. The molecule has 0 spiro atoms. The molecule has 1 aromatic rings. The van der Waals surface area contributed by atoms with Gasteiger partial charge in [0.15, 0.2) is 5.78 Å². The maximum Gasteiger partial charge on any atom is 0.410 e. The largest absolute Gasteiger partial charge is 0.493 e. The van der Waals surface area contributed by atoms with Crippen LogP contribution in [0.4, 0.5) is 9.59 Å². The molecule has 8 heteroatoms. The SMILES string of the molecule is CC(C)(C)OC(=O)NCC(=O)c1ccc(OCC2CCN(C(=O)OC(C)(C)C)CC2)cc1. The van der Waals surface area contributed by atoms with Crippen molar-refractivity contribution in [2.45, 2.75) is 65.6 Å². The molecule has 32 heavy (non-hydrogen) atoms. The van der Waals surface area contributed by atoms with E-state index in [1.807, 2.05) is 20.8 Å². The Balaban J connectivity index is 1.73. The van der Waals surface area contributed by atoms with Gasteiger partial charge in [0, 0.05) is 18.7 Å². The lowest BCUT2D eigenvalue weighted by molar-refractivity contribution is 0.0164. The maximum absolute atomic E-state index is 12.3. The monoisotopic (exact) mass is 448 g/mol. The molecule has 1 aliphatic heterocycles. The smallest absolute Gasteiger partial charge is 0.410 e. The Bertz CT molecular complexity index is 784. The summed E-state index contributed by atoms with van der Waals surface area (Å²) < 4.78 is 16.4. The predicted molar refractivity (Wildman–Crippen MR) is 121 cm³/mol. The van der Waals surface area contributed by atoms with E-state index < -0.39 is 17.3 Å². The molecule has 1 saturated heterocycles. The van der Waals surface area contributed by atoms with Crippen LogP contribution in [0.1, 0.15) is 64.7 Å². The fourth-order valence-corrected chi connectivity index (χ4v) is 3.13. The molecule has 1 fully saturated rings. The maximum atomic E-state index is 12.3. The van der Waals surface area contributed by atoms with Gasteiger partial charge < -0.3 is 24.4 Å². The number of hydrogen-bond acceptors (Lipinski definition) is 6. The molecule has 1 N–H and O–H groups in total. The Morgan fingerprint density at radius 1 is 0.938 bits per heavy atom. The Labute approximate surface area is 190 Å². The van der Waals surface area contributed by atoms with Gasteiger partial charge in [-0.25, -0.2) is 9.59 Å². The fraction of sp³-hybridized carbons (Fsp3) is 0.625. The minimum atomic E-state index is -0.622. The Hall–Kier alpha value is -2.77. The van der Waals surface area contributed by atoms with Gasteiger partial charge in [0.25, 0.3) is 0 Å². The summed E-state index contributed by atoms with van der Waals surface area (Å²) in [5.74, 6) is 0.821. The lowest BCUT2D eigenvalue weighted by Crippen LogP contribution is -2.42. The lowest BCUT2D eigenvalue weighted by atomic mass is 9.98. The molecule has 0 aliphatic carbocycles. The van der Waals surface area contributed by atoms with Crippen LogP contribution in [0.25, 0.3) is 0 Å². The van der Waals surface area contributed by atoms with Gasteiger partial charge in [-0.1, -0.05) is 0 Å². The van der Waals surface area contributed by atoms with Crippen LogP contribution in [-0.2, 0) is 9.47 Å². The van der Waals surface area contributed by atoms with Crippen molar-refractivity contribution in [1.82, 2.24) is 10.2 Å². The van der Waals surface area contributed by atoms with Crippen molar-refractivity contribution in [3.8, 4) is 5.75 Å². The van der Waals surface area contributed by atoms with Crippen LogP contribution in [0.2, 0.25) is 0 Å². The van der Waals surface area contributed by atoms with Crippen molar-refractivity contribution in [3.05, 3.63) is 29.8 Å². The first-order valence-corrected chi connectivity index (χ1v) is 11.0. The highest BCUT2D eigenvalue weighted by atomic mass is 16.6. The van der Waals surface area contributed by atoms with E-state index in [9.17, 15) is 14.4 Å². The zero-order valence-corrected chi connectivity index (χ0v) is 20.0. The molecular formula is C24H36N2O6. The van der Waals surface area contributed by atoms with Gasteiger partial charge in [-0.15, -0.1) is 0 Å². The average Bonchev–Trinajstić information content (AvgIpc) is 2.68. The Morgan fingerprint density at radius 3 is 2.03 bits per heavy atom. The van der Waals surface area contributed by atoms with E-state index in [2.05, 4.69) is 5.32 Å². The van der Waals surface area contributed by atoms with Crippen LogP contribution in [0, 0.1) is 5.92 Å². The number of rotatable bonds is 6. The van der Waals surface area contributed by atoms with E-state index in [0.717, 1.165) is 12.8 Å². The molecule has 8 nitrogen and oxygen atoms in total. The molecule has 178 valence electrons. The molecule has 2 amide bonds. The third kappa shape index (κ3) is 9.16. The number of nitrogens with zero attached hydrogens (tertiary/aromatic N) is 1. The number of nitrogens with one attached hydrogen (secondary N) is 1. The summed E-state index contributed by atoms with van der Waals surface area (Å²) in [7, 11) is 0. The van der Waals surface area contributed by atoms with Gasteiger partial charge in [0.1, 0.15) is 17.0 Å². The van der Waals surface area contributed by atoms with Gasteiger partial charge in [0.05, 0.1) is 13.2 Å². The number of carbonyl (C=O) groups is 3. The summed E-state index contributed by atoms with van der Waals surface area (Å²) in [5, 5.41) is 2.47. The van der Waals surface area contributed by atoms with Gasteiger partial charge in [-0.2, -0.15) is 0 Å². The van der Waals surface area contributed by atoms with Crippen molar-refractivity contribution in [3.63, 3.8) is 0 Å². The zero-order valence-electron chi connectivity index (χ0n) is 20.0. The fourth-order valence-electron chi connectivity index (χ4n) is 3.13. The first kappa shape index (κ1) is 25.5. The van der Waals surface area contributed by atoms with E-state index in [0.29, 0.717) is 36.9 Å². The van der Waals surface area contributed by atoms with E-state index in [1.165, 1.54) is 0 Å². The average molecular weight is 449 g/mol. The highest BCUT2D eigenvalue weighted by molar-refractivity contribution is 5.98. The molecule has 0 unspecified atom stereocenters. The molecule has 0 saturated carbocycles. The number of likely N-dealkylation sites (tertiary alicyclic amines) is 1. The Morgan fingerprint density at radius 2 is 1.50 bits per heavy atom. The summed E-state index contributed by atoms with van der Waals surface area (Å²) in [4.78, 5) is 37.8. The van der Waals surface area contributed by atoms with Crippen molar-refractivity contribution < 1.29 is 28.6 Å². The van der Waals surface area contributed by atoms with Crippen LogP contribution in [0.5, 0.6) is 5.75 Å². The summed E-state index contributed by atoms with van der Waals surface area (Å²) in [6.45, 7) is 12.6. The van der Waals surface area contributed by atoms with Crippen molar-refractivity contribution >= 4 is 18.0 Å². The number of benzene rings is 1. The summed E-state index contributed by atoms with van der Waals surface area (Å²) in [5.41, 5.74) is -0.617. The number of piperidine rings is 1. The van der Waals surface area contributed by atoms with Crippen LogP contribution >= 0.6 is 0 Å². The standard InChI is InChI=1S/C24H36N2O6/c1-23(2,3)31-21(28)25-15-20(27)18-7-9-19(10-8-18)30-16-17-11-13-26(14-12-17)22(29)32-24(4,5)6/h7-10,17H,11-16H2,1-6H3,(H,25,28). The second-order valence-corrected chi connectivity index (χ2v) is 10.0. The molecule has 1 aliphatic rings. The zero-order chi connectivity index (χ0) is 23.9. The van der Waals surface area contributed by atoms with Crippen LogP contribution in [0.15, 0.2) is 24.3 Å². The van der Waals surface area contributed by atoms with E-state index >= 15 is 0 Å². The molecule has 1 heterocycles. The molecule has 2 rings (SSSR count). The number of alkyl carbamates (subject to hydrolysis) is 1. The molecule has 0 bridgehead atoms. The third-order valence-electron chi connectivity index (χ3n) is 4.72. The van der Waals surface area contributed by atoms with E-state index in [4.69, 9.17) is 14.2 Å². The van der Waals surface area contributed by atoms with Crippen LogP contribution in [0.3, 0.4) is 0 Å². The highest BCUT2D eigenvalue weighted by Gasteiger charge is 2.27. The molecule has 0 atom stereocenters. The van der Waals surface area contributed by atoms with Crippen molar-refractivity contribution in [2.75, 3.05) is 26.2 Å². The number of carbonyl (C=O) groups excluding carboxylic acids is 3. The first-order valence-electron chi connectivity index (χ1n) is 11.0.